The molecule has 0 spiro atoms. The fourth-order valence-corrected chi connectivity index (χ4v) is 2.27. The van der Waals surface area contributed by atoms with Crippen LogP contribution in [0.15, 0.2) is 0 Å². The first kappa shape index (κ1) is 13.2. The summed E-state index contributed by atoms with van der Waals surface area (Å²) in [4.78, 5) is 2.46. The summed E-state index contributed by atoms with van der Waals surface area (Å²) in [6.07, 6.45) is 1.16. The van der Waals surface area contributed by atoms with Gasteiger partial charge in [-0.1, -0.05) is 0 Å². The smallest absolute Gasteiger partial charge is 0.0620 e. The highest BCUT2D eigenvalue weighted by atomic mass is 16.5. The van der Waals surface area contributed by atoms with Crippen molar-refractivity contribution in [3.05, 3.63) is 0 Å². The zero-order chi connectivity index (χ0) is 11.8. The monoisotopic (exact) mass is 243 g/mol. The van der Waals surface area contributed by atoms with Crippen LogP contribution >= 0.6 is 0 Å². The highest BCUT2D eigenvalue weighted by Crippen LogP contribution is 1.97. The highest BCUT2D eigenvalue weighted by Gasteiger charge is 2.12. The Morgan fingerprint density at radius 2 is 2.00 bits per heavy atom. The van der Waals surface area contributed by atoms with Gasteiger partial charge in [-0.25, -0.2) is 0 Å². The van der Waals surface area contributed by atoms with E-state index in [2.05, 4.69) is 15.5 Å². The number of hydrogen-bond acceptors (Lipinski definition) is 5. The summed E-state index contributed by atoms with van der Waals surface area (Å²) in [5.74, 6) is 0. The summed E-state index contributed by atoms with van der Waals surface area (Å²) in [7, 11) is 0. The first-order valence-corrected chi connectivity index (χ1v) is 6.77. The Balaban J connectivity index is 1.42. The van der Waals surface area contributed by atoms with Gasteiger partial charge in [-0.15, -0.1) is 0 Å². The number of nitrogens with one attached hydrogen (secondary N) is 2. The predicted octanol–water partition coefficient (Wildman–Crippen LogP) is -0.713. The van der Waals surface area contributed by atoms with Crippen LogP contribution in [-0.2, 0) is 9.47 Å². The van der Waals surface area contributed by atoms with Gasteiger partial charge in [-0.05, 0) is 13.0 Å². The fourth-order valence-electron chi connectivity index (χ4n) is 2.27. The van der Waals surface area contributed by atoms with Crippen LogP contribution in [0.4, 0.5) is 0 Å². The second-order valence-corrected chi connectivity index (χ2v) is 4.72. The molecule has 1 unspecified atom stereocenters. The Kier molecular flexibility index (Phi) is 6.23. The van der Waals surface area contributed by atoms with Gasteiger partial charge in [0.15, 0.2) is 0 Å². The van der Waals surface area contributed by atoms with Gasteiger partial charge in [0.25, 0.3) is 0 Å². The van der Waals surface area contributed by atoms with E-state index >= 15 is 0 Å². The van der Waals surface area contributed by atoms with Crippen LogP contribution in [0.1, 0.15) is 6.42 Å². The molecule has 2 fully saturated rings. The van der Waals surface area contributed by atoms with Crippen molar-refractivity contribution in [3.63, 3.8) is 0 Å². The molecular weight excluding hydrogens is 218 g/mol. The minimum absolute atomic E-state index is 0.541. The molecule has 2 N–H and O–H groups in total. The van der Waals surface area contributed by atoms with Crippen LogP contribution < -0.4 is 10.6 Å². The van der Waals surface area contributed by atoms with Crippen LogP contribution in [0.25, 0.3) is 0 Å². The molecule has 0 saturated carbocycles. The molecule has 2 aliphatic heterocycles. The molecule has 0 aliphatic carbocycles. The van der Waals surface area contributed by atoms with E-state index < -0.39 is 0 Å². The van der Waals surface area contributed by atoms with Crippen molar-refractivity contribution in [2.24, 2.45) is 0 Å². The van der Waals surface area contributed by atoms with Gasteiger partial charge >= 0.3 is 0 Å². The van der Waals surface area contributed by atoms with Gasteiger partial charge < -0.3 is 20.1 Å². The molecule has 100 valence electrons. The molecule has 5 heteroatoms. The maximum atomic E-state index is 5.42. The molecule has 0 bridgehead atoms. The molecule has 2 saturated heterocycles. The van der Waals surface area contributed by atoms with Crippen LogP contribution in [-0.4, -0.2) is 76.6 Å². The van der Waals surface area contributed by atoms with Crippen molar-refractivity contribution >= 4 is 0 Å². The largest absolute Gasteiger partial charge is 0.379 e. The van der Waals surface area contributed by atoms with Gasteiger partial charge in [0, 0.05) is 38.8 Å². The zero-order valence-corrected chi connectivity index (χ0v) is 10.6. The third-order valence-electron chi connectivity index (χ3n) is 3.38. The van der Waals surface area contributed by atoms with Crippen LogP contribution in [0.2, 0.25) is 0 Å². The second kappa shape index (κ2) is 8.00. The van der Waals surface area contributed by atoms with Crippen LogP contribution in [0, 0.1) is 0 Å². The van der Waals surface area contributed by atoms with Gasteiger partial charge in [0.1, 0.15) is 0 Å². The molecule has 2 rings (SSSR count). The van der Waals surface area contributed by atoms with Crippen molar-refractivity contribution < 1.29 is 9.47 Å². The van der Waals surface area contributed by atoms with Crippen molar-refractivity contribution in [1.29, 1.82) is 0 Å². The van der Waals surface area contributed by atoms with Crippen molar-refractivity contribution in [2.75, 3.05) is 65.7 Å². The minimum atomic E-state index is 0.541. The lowest BCUT2D eigenvalue weighted by molar-refractivity contribution is 0.0383. The first-order chi connectivity index (χ1) is 8.45. The lowest BCUT2D eigenvalue weighted by Crippen LogP contribution is -2.44. The van der Waals surface area contributed by atoms with Crippen molar-refractivity contribution in [3.8, 4) is 0 Å². The summed E-state index contributed by atoms with van der Waals surface area (Å²) in [6, 6.07) is 0.541. The Morgan fingerprint density at radius 1 is 1.12 bits per heavy atom. The summed E-state index contributed by atoms with van der Waals surface area (Å²) >= 11 is 0. The van der Waals surface area contributed by atoms with E-state index in [-0.39, 0.29) is 0 Å². The van der Waals surface area contributed by atoms with Gasteiger partial charge in [-0.2, -0.15) is 0 Å². The molecule has 1 atom stereocenters. The van der Waals surface area contributed by atoms with E-state index in [0.717, 1.165) is 72.1 Å². The predicted molar refractivity (Wildman–Crippen MR) is 67.4 cm³/mol. The van der Waals surface area contributed by atoms with Gasteiger partial charge in [-0.3, -0.25) is 4.90 Å². The molecule has 0 amide bonds. The lowest BCUT2D eigenvalue weighted by atomic mass is 10.2. The molecule has 17 heavy (non-hydrogen) atoms. The number of nitrogens with zero attached hydrogens (tertiary/aromatic N) is 1. The third kappa shape index (κ3) is 5.31. The second-order valence-electron chi connectivity index (χ2n) is 4.72. The molecule has 2 heterocycles. The van der Waals surface area contributed by atoms with Crippen LogP contribution in [0.3, 0.4) is 0 Å². The van der Waals surface area contributed by atoms with Crippen LogP contribution in [0.5, 0.6) is 0 Å². The standard InChI is InChI=1S/C12H25N3O2/c1(12-11-17-8-4-14-12)2-13-3-5-15-6-9-16-10-7-15/h12-14H,1-11H2. The SMILES string of the molecule is C(CC1COCCN1)NCCN1CCOCC1. The number of morpholine rings is 2. The fraction of sp³-hybridized carbons (Fsp3) is 1.00. The summed E-state index contributed by atoms with van der Waals surface area (Å²) < 4.78 is 10.7. The topological polar surface area (TPSA) is 45.8 Å². The van der Waals surface area contributed by atoms with E-state index in [0.29, 0.717) is 6.04 Å². The van der Waals surface area contributed by atoms with Gasteiger partial charge in [0.05, 0.1) is 26.4 Å². The summed E-state index contributed by atoms with van der Waals surface area (Å²) in [6.45, 7) is 9.97. The third-order valence-corrected chi connectivity index (χ3v) is 3.38. The molecule has 2 aliphatic rings. The van der Waals surface area contributed by atoms with E-state index in [1.165, 1.54) is 0 Å². The Labute approximate surface area is 104 Å². The molecule has 5 nitrogen and oxygen atoms in total. The highest BCUT2D eigenvalue weighted by molar-refractivity contribution is 4.71. The number of hydrogen-bond donors (Lipinski definition) is 2. The number of ether oxygens (including phenoxy) is 2. The average Bonchev–Trinajstić information content (AvgIpc) is 2.41. The Bertz CT molecular complexity index is 172. The first-order valence-electron chi connectivity index (χ1n) is 6.77. The maximum absolute atomic E-state index is 5.42. The van der Waals surface area contributed by atoms with Gasteiger partial charge in [0.2, 0.25) is 0 Å². The zero-order valence-electron chi connectivity index (χ0n) is 10.6. The molecule has 0 aromatic heterocycles. The van der Waals surface area contributed by atoms with E-state index in [9.17, 15) is 0 Å². The normalized spacial score (nSPS) is 27.2. The average molecular weight is 243 g/mol. The summed E-state index contributed by atoms with van der Waals surface area (Å²) in [5, 5.41) is 6.97. The lowest BCUT2D eigenvalue weighted by Gasteiger charge is -2.27. The molecule has 0 aromatic carbocycles. The number of rotatable bonds is 6. The van der Waals surface area contributed by atoms with E-state index in [1.54, 1.807) is 0 Å². The quantitative estimate of drug-likeness (QED) is 0.603. The Hall–Kier alpha value is -0.200. The van der Waals surface area contributed by atoms with E-state index in [1.807, 2.05) is 0 Å². The Morgan fingerprint density at radius 3 is 2.76 bits per heavy atom. The summed E-state index contributed by atoms with van der Waals surface area (Å²) in [5.41, 5.74) is 0. The van der Waals surface area contributed by atoms with E-state index in [4.69, 9.17) is 9.47 Å². The molecule has 0 radical (unpaired) electrons. The molecular formula is C12H25N3O2. The van der Waals surface area contributed by atoms with Crippen molar-refractivity contribution in [2.45, 2.75) is 12.5 Å². The molecule has 0 aromatic rings. The maximum Gasteiger partial charge on any atom is 0.0620 e. The van der Waals surface area contributed by atoms with Crippen molar-refractivity contribution in [1.82, 2.24) is 15.5 Å². The minimum Gasteiger partial charge on any atom is -0.379 e.